The van der Waals surface area contributed by atoms with Crippen LogP contribution in [0.5, 0.6) is 0 Å². The fourth-order valence-corrected chi connectivity index (χ4v) is 4.35. The van der Waals surface area contributed by atoms with Crippen LogP contribution < -0.4 is 10.0 Å². The first-order chi connectivity index (χ1) is 14.2. The largest absolute Gasteiger partial charge is 0.322 e. The predicted molar refractivity (Wildman–Crippen MR) is 121 cm³/mol. The molecule has 3 aromatic carbocycles. The van der Waals surface area contributed by atoms with Crippen LogP contribution in [0.1, 0.15) is 21.5 Å². The number of anilines is 1. The molecule has 3 aromatic rings. The second-order valence-corrected chi connectivity index (χ2v) is 9.55. The Balaban J connectivity index is 1.73. The number of rotatable bonds is 6. The molecule has 0 atom stereocenters. The molecule has 5 nitrogen and oxygen atoms in total. The number of benzene rings is 3. The van der Waals surface area contributed by atoms with Crippen LogP contribution in [0.4, 0.5) is 5.69 Å². The Labute approximate surface area is 190 Å². The fraction of sp³-hybridized carbons (Fsp3) is 0.0952. The van der Waals surface area contributed by atoms with Gasteiger partial charge >= 0.3 is 0 Å². The molecule has 3 rings (SSSR count). The summed E-state index contributed by atoms with van der Waals surface area (Å²) < 4.78 is 27.8. The summed E-state index contributed by atoms with van der Waals surface area (Å²) in [5.41, 5.74) is 2.16. The van der Waals surface area contributed by atoms with Gasteiger partial charge < -0.3 is 5.32 Å². The standard InChI is InChI=1S/C21H17Cl3N2O3S/c1-13-10-18(30(28,29)25-12-15-4-7-17(23)11-19(15)24)8-9-20(13)26-21(27)14-2-5-16(22)6-3-14/h2-11,25H,12H2,1H3,(H,26,27). The van der Waals surface area contributed by atoms with Crippen molar-refractivity contribution in [3.8, 4) is 0 Å². The number of carbonyl (C=O) groups is 1. The van der Waals surface area contributed by atoms with E-state index >= 15 is 0 Å². The van der Waals surface area contributed by atoms with Gasteiger partial charge in [0.25, 0.3) is 5.91 Å². The van der Waals surface area contributed by atoms with E-state index in [2.05, 4.69) is 10.0 Å². The Morgan fingerprint density at radius 1 is 0.900 bits per heavy atom. The van der Waals surface area contributed by atoms with Gasteiger partial charge in [-0.3, -0.25) is 4.79 Å². The van der Waals surface area contributed by atoms with Crippen LogP contribution in [0.3, 0.4) is 0 Å². The number of amides is 1. The number of sulfonamides is 1. The highest BCUT2D eigenvalue weighted by Gasteiger charge is 2.17. The van der Waals surface area contributed by atoms with Gasteiger partial charge in [0.1, 0.15) is 0 Å². The lowest BCUT2D eigenvalue weighted by molar-refractivity contribution is 0.102. The maximum atomic E-state index is 12.6. The first-order valence-electron chi connectivity index (χ1n) is 8.77. The minimum Gasteiger partial charge on any atom is -0.322 e. The Hall–Kier alpha value is -2.09. The molecule has 0 saturated heterocycles. The molecule has 0 saturated carbocycles. The van der Waals surface area contributed by atoms with Gasteiger partial charge in [0.2, 0.25) is 10.0 Å². The molecule has 0 heterocycles. The lowest BCUT2D eigenvalue weighted by atomic mass is 10.1. The summed E-state index contributed by atoms with van der Waals surface area (Å²) in [4.78, 5) is 12.4. The van der Waals surface area contributed by atoms with E-state index < -0.39 is 10.0 Å². The average molecular weight is 484 g/mol. The van der Waals surface area contributed by atoms with E-state index in [1.807, 2.05) is 0 Å². The first kappa shape index (κ1) is 22.6. The summed E-state index contributed by atoms with van der Waals surface area (Å²) >= 11 is 17.8. The van der Waals surface area contributed by atoms with E-state index in [0.29, 0.717) is 37.4 Å². The molecule has 0 aliphatic carbocycles. The first-order valence-corrected chi connectivity index (χ1v) is 11.4. The van der Waals surface area contributed by atoms with Crippen molar-refractivity contribution in [3.63, 3.8) is 0 Å². The smallest absolute Gasteiger partial charge is 0.255 e. The van der Waals surface area contributed by atoms with Crippen molar-refractivity contribution in [3.05, 3.63) is 92.4 Å². The molecule has 9 heteroatoms. The van der Waals surface area contributed by atoms with Gasteiger partial charge in [-0.2, -0.15) is 0 Å². The van der Waals surface area contributed by atoms with Crippen molar-refractivity contribution in [1.82, 2.24) is 4.72 Å². The monoisotopic (exact) mass is 482 g/mol. The molecule has 0 spiro atoms. The van der Waals surface area contributed by atoms with Gasteiger partial charge in [0.15, 0.2) is 0 Å². The van der Waals surface area contributed by atoms with Crippen LogP contribution in [-0.2, 0) is 16.6 Å². The Morgan fingerprint density at radius 2 is 1.57 bits per heavy atom. The molecule has 2 N–H and O–H groups in total. The van der Waals surface area contributed by atoms with Crippen LogP contribution in [-0.4, -0.2) is 14.3 Å². The van der Waals surface area contributed by atoms with E-state index in [9.17, 15) is 13.2 Å². The summed E-state index contributed by atoms with van der Waals surface area (Å²) in [6.07, 6.45) is 0. The van der Waals surface area contributed by atoms with Crippen molar-refractivity contribution >= 4 is 56.4 Å². The summed E-state index contributed by atoms with van der Waals surface area (Å²) in [6.45, 7) is 1.74. The van der Waals surface area contributed by atoms with Crippen LogP contribution in [0.2, 0.25) is 15.1 Å². The summed E-state index contributed by atoms with van der Waals surface area (Å²) in [6, 6.07) is 15.8. The summed E-state index contributed by atoms with van der Waals surface area (Å²) in [5.74, 6) is -0.319. The minimum atomic E-state index is -3.78. The van der Waals surface area contributed by atoms with Crippen molar-refractivity contribution in [2.24, 2.45) is 0 Å². The zero-order chi connectivity index (χ0) is 21.9. The maximum Gasteiger partial charge on any atom is 0.255 e. The van der Waals surface area contributed by atoms with E-state index in [4.69, 9.17) is 34.8 Å². The molecule has 0 radical (unpaired) electrons. The van der Waals surface area contributed by atoms with Crippen molar-refractivity contribution < 1.29 is 13.2 Å². The second kappa shape index (κ2) is 9.37. The highest BCUT2D eigenvalue weighted by Crippen LogP contribution is 2.23. The Kier molecular flexibility index (Phi) is 7.06. The van der Waals surface area contributed by atoms with Crippen molar-refractivity contribution in [2.45, 2.75) is 18.4 Å². The van der Waals surface area contributed by atoms with Crippen LogP contribution in [0.25, 0.3) is 0 Å². The number of carbonyl (C=O) groups excluding carboxylic acids is 1. The number of halogens is 3. The van der Waals surface area contributed by atoms with Gasteiger partial charge in [0, 0.05) is 32.9 Å². The molecule has 0 fully saturated rings. The van der Waals surface area contributed by atoms with Gasteiger partial charge in [-0.05, 0) is 72.6 Å². The average Bonchev–Trinajstić information content (AvgIpc) is 2.69. The van der Waals surface area contributed by atoms with E-state index in [0.717, 1.165) is 0 Å². The fourth-order valence-electron chi connectivity index (χ4n) is 2.66. The van der Waals surface area contributed by atoms with Gasteiger partial charge in [-0.25, -0.2) is 13.1 Å². The third-order valence-electron chi connectivity index (χ3n) is 4.33. The quantitative estimate of drug-likeness (QED) is 0.473. The number of hydrogen-bond donors (Lipinski definition) is 2. The highest BCUT2D eigenvalue weighted by atomic mass is 35.5. The topological polar surface area (TPSA) is 75.3 Å². The van der Waals surface area contributed by atoms with Crippen LogP contribution >= 0.6 is 34.8 Å². The highest BCUT2D eigenvalue weighted by molar-refractivity contribution is 7.89. The normalized spacial score (nSPS) is 11.3. The number of nitrogens with one attached hydrogen (secondary N) is 2. The third-order valence-corrected chi connectivity index (χ3v) is 6.57. The summed E-state index contributed by atoms with van der Waals surface area (Å²) in [5, 5.41) is 4.15. The zero-order valence-corrected chi connectivity index (χ0v) is 18.8. The molecule has 0 aliphatic rings. The molecule has 0 unspecified atom stereocenters. The Morgan fingerprint density at radius 3 is 2.20 bits per heavy atom. The van der Waals surface area contributed by atoms with Crippen LogP contribution in [0.15, 0.2) is 65.6 Å². The maximum absolute atomic E-state index is 12.6. The Bertz CT molecular complexity index is 1200. The molecule has 1 amide bonds. The lowest BCUT2D eigenvalue weighted by Crippen LogP contribution is -2.23. The third kappa shape index (κ3) is 5.53. The lowest BCUT2D eigenvalue weighted by Gasteiger charge is -2.12. The number of hydrogen-bond acceptors (Lipinski definition) is 3. The molecule has 0 aliphatic heterocycles. The van der Waals surface area contributed by atoms with Gasteiger partial charge in [0.05, 0.1) is 4.90 Å². The molecule has 30 heavy (non-hydrogen) atoms. The van der Waals surface area contributed by atoms with E-state index in [1.165, 1.54) is 12.1 Å². The summed E-state index contributed by atoms with van der Waals surface area (Å²) in [7, 11) is -3.78. The van der Waals surface area contributed by atoms with Crippen molar-refractivity contribution in [1.29, 1.82) is 0 Å². The molecular weight excluding hydrogens is 467 g/mol. The second-order valence-electron chi connectivity index (χ2n) is 6.50. The molecule has 0 bridgehead atoms. The predicted octanol–water partition coefficient (Wildman–Crippen LogP) is 5.69. The van der Waals surface area contributed by atoms with E-state index in [1.54, 1.807) is 55.5 Å². The van der Waals surface area contributed by atoms with Gasteiger partial charge in [-0.1, -0.05) is 40.9 Å². The van der Waals surface area contributed by atoms with Gasteiger partial charge in [-0.15, -0.1) is 0 Å². The van der Waals surface area contributed by atoms with Crippen LogP contribution in [0, 0.1) is 6.92 Å². The number of aryl methyl sites for hydroxylation is 1. The van der Waals surface area contributed by atoms with E-state index in [-0.39, 0.29) is 17.3 Å². The molecule has 156 valence electrons. The minimum absolute atomic E-state index is 0.0203. The zero-order valence-electron chi connectivity index (χ0n) is 15.7. The SMILES string of the molecule is Cc1cc(S(=O)(=O)NCc2ccc(Cl)cc2Cl)ccc1NC(=O)c1ccc(Cl)cc1. The van der Waals surface area contributed by atoms with Crippen molar-refractivity contribution in [2.75, 3.05) is 5.32 Å². The molecular formula is C21H17Cl3N2O3S. The molecule has 0 aromatic heterocycles.